The van der Waals surface area contributed by atoms with E-state index in [-0.39, 0.29) is 0 Å². The molecule has 2 rings (SSSR count). The summed E-state index contributed by atoms with van der Waals surface area (Å²) in [6.45, 7) is 2.17. The Kier molecular flexibility index (Phi) is 4.65. The number of aryl methyl sites for hydroxylation is 1. The minimum absolute atomic E-state index is 0.919. The van der Waals surface area contributed by atoms with Crippen molar-refractivity contribution in [1.82, 2.24) is 4.98 Å². The van der Waals surface area contributed by atoms with Crippen LogP contribution in [0.1, 0.15) is 16.7 Å². The molecule has 1 aromatic carbocycles. The summed E-state index contributed by atoms with van der Waals surface area (Å²) < 4.78 is 0. The van der Waals surface area contributed by atoms with Crippen molar-refractivity contribution in [2.75, 3.05) is 12.4 Å². The minimum atomic E-state index is 0.919. The fraction of sp³-hybridized carbons (Fsp3) is 0.267. The van der Waals surface area contributed by atoms with E-state index < -0.39 is 0 Å². The molecule has 0 aliphatic heterocycles. The van der Waals surface area contributed by atoms with Crippen LogP contribution in [-0.2, 0) is 11.5 Å². The van der Waals surface area contributed by atoms with Crippen molar-refractivity contribution in [1.29, 1.82) is 0 Å². The molecule has 1 aromatic heterocycles. The molecule has 0 radical (unpaired) electrons. The summed E-state index contributed by atoms with van der Waals surface area (Å²) >= 11 is 1.93. The average molecular weight is 258 g/mol. The van der Waals surface area contributed by atoms with Crippen LogP contribution in [0.3, 0.4) is 0 Å². The van der Waals surface area contributed by atoms with Gasteiger partial charge in [-0.25, -0.2) is 4.98 Å². The number of anilines is 1. The molecule has 18 heavy (non-hydrogen) atoms. The third-order valence-electron chi connectivity index (χ3n) is 2.87. The summed E-state index contributed by atoms with van der Waals surface area (Å²) in [7, 11) is 1.88. The van der Waals surface area contributed by atoms with Gasteiger partial charge in [-0.05, 0) is 29.7 Å². The van der Waals surface area contributed by atoms with Crippen molar-refractivity contribution in [3.8, 4) is 0 Å². The van der Waals surface area contributed by atoms with Crippen molar-refractivity contribution in [2.24, 2.45) is 0 Å². The molecule has 0 aliphatic carbocycles. The van der Waals surface area contributed by atoms with Gasteiger partial charge < -0.3 is 5.32 Å². The van der Waals surface area contributed by atoms with Gasteiger partial charge in [0.15, 0.2) is 0 Å². The lowest BCUT2D eigenvalue weighted by molar-refractivity contribution is 1.23. The first kappa shape index (κ1) is 13.0. The summed E-state index contributed by atoms with van der Waals surface area (Å²) in [5.74, 6) is 2.98. The molecular formula is C15H18N2S. The van der Waals surface area contributed by atoms with Gasteiger partial charge in [-0.15, -0.1) is 0 Å². The smallest absolute Gasteiger partial charge is 0.125 e. The number of thioether (sulfide) groups is 1. The zero-order valence-electron chi connectivity index (χ0n) is 10.8. The van der Waals surface area contributed by atoms with Crippen molar-refractivity contribution >= 4 is 17.6 Å². The number of hydrogen-bond acceptors (Lipinski definition) is 3. The zero-order chi connectivity index (χ0) is 12.8. The van der Waals surface area contributed by atoms with Crippen LogP contribution < -0.4 is 5.32 Å². The summed E-state index contributed by atoms with van der Waals surface area (Å²) in [5, 5.41) is 3.03. The Labute approximate surface area is 113 Å². The quantitative estimate of drug-likeness (QED) is 0.881. The summed E-state index contributed by atoms with van der Waals surface area (Å²) in [6, 6.07) is 12.7. The van der Waals surface area contributed by atoms with Crippen molar-refractivity contribution in [3.63, 3.8) is 0 Å². The molecule has 0 amide bonds. The highest BCUT2D eigenvalue weighted by atomic mass is 32.2. The van der Waals surface area contributed by atoms with E-state index in [1.807, 2.05) is 31.1 Å². The predicted molar refractivity (Wildman–Crippen MR) is 80.0 cm³/mol. The lowest BCUT2D eigenvalue weighted by Crippen LogP contribution is -1.92. The number of aromatic nitrogens is 1. The molecule has 0 aliphatic rings. The molecular weight excluding hydrogens is 240 g/mol. The van der Waals surface area contributed by atoms with Crippen LogP contribution in [0.2, 0.25) is 0 Å². The summed E-state index contributed by atoms with van der Waals surface area (Å²) in [5.41, 5.74) is 4.06. The van der Waals surface area contributed by atoms with Crippen LogP contribution in [0, 0.1) is 6.92 Å². The second-order valence-electron chi connectivity index (χ2n) is 4.22. The highest BCUT2D eigenvalue weighted by Crippen LogP contribution is 2.20. The molecule has 2 aromatic rings. The number of hydrogen-bond donors (Lipinski definition) is 1. The molecule has 0 bridgehead atoms. The summed E-state index contributed by atoms with van der Waals surface area (Å²) in [6.07, 6.45) is 1.94. The Morgan fingerprint density at radius 3 is 2.61 bits per heavy atom. The molecule has 2 nitrogen and oxygen atoms in total. The van der Waals surface area contributed by atoms with Crippen LogP contribution in [0.5, 0.6) is 0 Å². The Hall–Kier alpha value is -1.48. The number of pyridine rings is 1. The van der Waals surface area contributed by atoms with Gasteiger partial charge in [-0.2, -0.15) is 11.8 Å². The third-order valence-corrected chi connectivity index (χ3v) is 3.92. The van der Waals surface area contributed by atoms with Crippen LogP contribution >= 0.6 is 11.8 Å². The van der Waals surface area contributed by atoms with Gasteiger partial charge in [0.25, 0.3) is 0 Å². The van der Waals surface area contributed by atoms with E-state index in [2.05, 4.69) is 47.6 Å². The Morgan fingerprint density at radius 2 is 1.94 bits per heavy atom. The molecule has 3 heteroatoms. The van der Waals surface area contributed by atoms with E-state index in [9.17, 15) is 0 Å². The first-order valence-electron chi connectivity index (χ1n) is 6.04. The van der Waals surface area contributed by atoms with Crippen LogP contribution in [0.25, 0.3) is 0 Å². The highest BCUT2D eigenvalue weighted by Gasteiger charge is 1.99. The maximum Gasteiger partial charge on any atom is 0.125 e. The normalized spacial score (nSPS) is 10.3. The number of rotatable bonds is 5. The SMILES string of the molecule is CNc1ccc(CSCc2ccccc2C)cn1. The second-order valence-corrected chi connectivity index (χ2v) is 5.21. The summed E-state index contributed by atoms with van der Waals surface area (Å²) in [4.78, 5) is 4.32. The fourth-order valence-electron chi connectivity index (χ4n) is 1.71. The van der Waals surface area contributed by atoms with Gasteiger partial charge in [0.05, 0.1) is 0 Å². The molecule has 1 heterocycles. The standard InChI is InChI=1S/C15H18N2S/c1-12-5-3-4-6-14(12)11-18-10-13-7-8-15(16-2)17-9-13/h3-9H,10-11H2,1-2H3,(H,16,17). The van der Waals surface area contributed by atoms with Crippen molar-refractivity contribution in [3.05, 3.63) is 59.3 Å². The maximum atomic E-state index is 4.32. The molecule has 0 fully saturated rings. The molecule has 0 saturated carbocycles. The maximum absolute atomic E-state index is 4.32. The topological polar surface area (TPSA) is 24.9 Å². The highest BCUT2D eigenvalue weighted by molar-refractivity contribution is 7.97. The van der Waals surface area contributed by atoms with Crippen LogP contribution in [0.4, 0.5) is 5.82 Å². The van der Waals surface area contributed by atoms with Crippen molar-refractivity contribution < 1.29 is 0 Å². The van der Waals surface area contributed by atoms with E-state index >= 15 is 0 Å². The van der Waals surface area contributed by atoms with Gasteiger partial charge >= 0.3 is 0 Å². The van der Waals surface area contributed by atoms with Crippen molar-refractivity contribution in [2.45, 2.75) is 18.4 Å². The zero-order valence-corrected chi connectivity index (χ0v) is 11.6. The van der Waals surface area contributed by atoms with Crippen LogP contribution in [-0.4, -0.2) is 12.0 Å². The third kappa shape index (κ3) is 3.50. The van der Waals surface area contributed by atoms with Gasteiger partial charge in [-0.1, -0.05) is 30.3 Å². The molecule has 0 unspecified atom stereocenters. The number of benzene rings is 1. The number of nitrogens with one attached hydrogen (secondary N) is 1. The molecule has 0 spiro atoms. The Morgan fingerprint density at radius 1 is 1.11 bits per heavy atom. The fourth-order valence-corrected chi connectivity index (χ4v) is 2.76. The van der Waals surface area contributed by atoms with E-state index in [1.165, 1.54) is 16.7 Å². The minimum Gasteiger partial charge on any atom is -0.373 e. The molecule has 1 N–H and O–H groups in total. The van der Waals surface area contributed by atoms with Gasteiger partial charge in [0, 0.05) is 24.8 Å². The molecule has 0 atom stereocenters. The first-order chi connectivity index (χ1) is 8.79. The molecule has 94 valence electrons. The van der Waals surface area contributed by atoms with Gasteiger partial charge in [0.2, 0.25) is 0 Å². The van der Waals surface area contributed by atoms with Gasteiger partial charge in [0.1, 0.15) is 5.82 Å². The van der Waals surface area contributed by atoms with E-state index in [0.717, 1.165) is 17.3 Å². The average Bonchev–Trinajstić information content (AvgIpc) is 2.42. The van der Waals surface area contributed by atoms with E-state index in [4.69, 9.17) is 0 Å². The number of nitrogens with zero attached hydrogens (tertiary/aromatic N) is 1. The van der Waals surface area contributed by atoms with Gasteiger partial charge in [-0.3, -0.25) is 0 Å². The largest absolute Gasteiger partial charge is 0.373 e. The Bertz CT molecular complexity index is 494. The predicted octanol–water partition coefficient (Wildman–Crippen LogP) is 3.87. The lowest BCUT2D eigenvalue weighted by Gasteiger charge is -2.06. The van der Waals surface area contributed by atoms with E-state index in [1.54, 1.807) is 0 Å². The van der Waals surface area contributed by atoms with Crippen LogP contribution in [0.15, 0.2) is 42.6 Å². The second kappa shape index (κ2) is 6.45. The first-order valence-corrected chi connectivity index (χ1v) is 7.20. The molecule has 0 saturated heterocycles. The van der Waals surface area contributed by atoms with E-state index in [0.29, 0.717) is 0 Å². The Balaban J connectivity index is 1.86. The monoisotopic (exact) mass is 258 g/mol. The lowest BCUT2D eigenvalue weighted by atomic mass is 10.1.